The quantitative estimate of drug-likeness (QED) is 0.452. The van der Waals surface area contributed by atoms with E-state index in [1.165, 1.54) is 0 Å². The number of hydrogen-bond donors (Lipinski definition) is 2. The Labute approximate surface area is 181 Å². The number of pyridine rings is 2. The zero-order chi connectivity index (χ0) is 22.0. The number of methoxy groups -OCH3 is 2. The Morgan fingerprint density at radius 1 is 0.903 bits per heavy atom. The highest BCUT2D eigenvalue weighted by Crippen LogP contribution is 2.39. The fourth-order valence-corrected chi connectivity index (χ4v) is 3.66. The predicted octanol–water partition coefficient (Wildman–Crippen LogP) is 5.17. The molecule has 0 saturated heterocycles. The molecule has 2 N–H and O–H groups in total. The molecule has 4 rings (SSSR count). The lowest BCUT2D eigenvalue weighted by molar-refractivity contribution is 0.354. The molecule has 4 aromatic rings. The van der Waals surface area contributed by atoms with Gasteiger partial charge in [-0.05, 0) is 55.3 Å². The van der Waals surface area contributed by atoms with Gasteiger partial charge in [-0.2, -0.15) is 0 Å². The Bertz CT molecular complexity index is 1240. The van der Waals surface area contributed by atoms with E-state index in [0.717, 1.165) is 22.2 Å². The van der Waals surface area contributed by atoms with Gasteiger partial charge in [0.15, 0.2) is 11.5 Å². The van der Waals surface area contributed by atoms with Crippen LogP contribution < -0.4 is 14.8 Å². The van der Waals surface area contributed by atoms with Crippen molar-refractivity contribution in [2.75, 3.05) is 19.5 Å². The van der Waals surface area contributed by atoms with Gasteiger partial charge >= 0.3 is 0 Å². The van der Waals surface area contributed by atoms with E-state index < -0.39 is 0 Å². The summed E-state index contributed by atoms with van der Waals surface area (Å²) in [5, 5.41) is 15.5. The second kappa shape index (κ2) is 8.52. The molecule has 2 heterocycles. The third-order valence-electron chi connectivity index (χ3n) is 5.27. The predicted molar refractivity (Wildman–Crippen MR) is 122 cm³/mol. The van der Waals surface area contributed by atoms with Crippen molar-refractivity contribution >= 4 is 16.7 Å². The van der Waals surface area contributed by atoms with Crippen LogP contribution in [0, 0.1) is 13.8 Å². The molecule has 0 radical (unpaired) electrons. The first kappa shape index (κ1) is 20.5. The highest BCUT2D eigenvalue weighted by molar-refractivity contribution is 5.86. The summed E-state index contributed by atoms with van der Waals surface area (Å²) in [5.74, 6) is 2.09. The first-order chi connectivity index (χ1) is 15.0. The Morgan fingerprint density at radius 2 is 1.68 bits per heavy atom. The molecular formula is C25H25N3O3. The first-order valence-electron chi connectivity index (χ1n) is 10.0. The minimum Gasteiger partial charge on any atom is -0.505 e. The highest BCUT2D eigenvalue weighted by atomic mass is 16.5. The summed E-state index contributed by atoms with van der Waals surface area (Å²) in [5.41, 5.74) is 4.09. The number of aryl methyl sites for hydroxylation is 2. The summed E-state index contributed by atoms with van der Waals surface area (Å²) in [6.45, 7) is 3.92. The molecule has 1 atom stereocenters. The topological polar surface area (TPSA) is 76.5 Å². The number of aromatic nitrogens is 2. The number of aromatic hydroxyl groups is 1. The van der Waals surface area contributed by atoms with E-state index >= 15 is 0 Å². The van der Waals surface area contributed by atoms with Crippen LogP contribution >= 0.6 is 0 Å². The largest absolute Gasteiger partial charge is 0.505 e. The Morgan fingerprint density at radius 3 is 2.42 bits per heavy atom. The number of anilines is 1. The smallest absolute Gasteiger partial charge is 0.161 e. The first-order valence-corrected chi connectivity index (χ1v) is 10.0. The molecule has 0 fully saturated rings. The highest BCUT2D eigenvalue weighted by Gasteiger charge is 2.22. The summed E-state index contributed by atoms with van der Waals surface area (Å²) in [6.07, 6.45) is 1.76. The molecular weight excluding hydrogens is 390 g/mol. The number of ether oxygens (including phenoxy) is 2. The monoisotopic (exact) mass is 415 g/mol. The molecule has 6 heteroatoms. The van der Waals surface area contributed by atoms with Crippen molar-refractivity contribution in [2.45, 2.75) is 19.9 Å². The summed E-state index contributed by atoms with van der Waals surface area (Å²) in [6, 6.07) is 17.0. The van der Waals surface area contributed by atoms with Crippen molar-refractivity contribution in [3.8, 4) is 17.2 Å². The number of rotatable bonds is 6. The Kier molecular flexibility index (Phi) is 5.62. The lowest BCUT2D eigenvalue weighted by Crippen LogP contribution is -2.14. The van der Waals surface area contributed by atoms with Gasteiger partial charge in [-0.1, -0.05) is 24.3 Å². The van der Waals surface area contributed by atoms with E-state index in [4.69, 9.17) is 9.47 Å². The second-order valence-corrected chi connectivity index (χ2v) is 7.44. The minimum atomic E-state index is -0.388. The van der Waals surface area contributed by atoms with Gasteiger partial charge in [0.05, 0.1) is 20.3 Å². The molecule has 2 aromatic heterocycles. The molecule has 31 heavy (non-hydrogen) atoms. The molecule has 0 aliphatic heterocycles. The molecule has 0 saturated carbocycles. The van der Waals surface area contributed by atoms with Crippen LogP contribution in [0.3, 0.4) is 0 Å². The fourth-order valence-electron chi connectivity index (χ4n) is 3.66. The number of nitrogens with zero attached hydrogens (tertiary/aromatic N) is 2. The Hall–Kier alpha value is -3.80. The summed E-state index contributed by atoms with van der Waals surface area (Å²) in [7, 11) is 3.21. The van der Waals surface area contributed by atoms with Crippen LogP contribution in [0.1, 0.15) is 28.4 Å². The van der Waals surface area contributed by atoms with Gasteiger partial charge in [-0.25, -0.2) is 9.97 Å². The molecule has 0 bridgehead atoms. The molecule has 2 aromatic carbocycles. The zero-order valence-electron chi connectivity index (χ0n) is 18.0. The maximum atomic E-state index is 11.2. The van der Waals surface area contributed by atoms with E-state index in [1.807, 2.05) is 68.4 Å². The van der Waals surface area contributed by atoms with Crippen molar-refractivity contribution < 1.29 is 14.6 Å². The van der Waals surface area contributed by atoms with Crippen LogP contribution in [0.2, 0.25) is 0 Å². The fraction of sp³-hybridized carbons (Fsp3) is 0.200. The normalized spacial score (nSPS) is 11.9. The van der Waals surface area contributed by atoms with Gasteiger partial charge in [0.1, 0.15) is 17.1 Å². The van der Waals surface area contributed by atoms with E-state index in [1.54, 1.807) is 20.4 Å². The van der Waals surface area contributed by atoms with Crippen molar-refractivity contribution in [3.05, 3.63) is 83.2 Å². The van der Waals surface area contributed by atoms with Gasteiger partial charge in [0.25, 0.3) is 0 Å². The van der Waals surface area contributed by atoms with Crippen molar-refractivity contribution in [1.29, 1.82) is 0 Å². The zero-order valence-corrected chi connectivity index (χ0v) is 18.0. The molecule has 6 nitrogen and oxygen atoms in total. The number of hydrogen-bond acceptors (Lipinski definition) is 6. The van der Waals surface area contributed by atoms with Crippen LogP contribution in [-0.2, 0) is 0 Å². The summed E-state index contributed by atoms with van der Waals surface area (Å²) < 4.78 is 10.9. The van der Waals surface area contributed by atoms with Crippen LogP contribution in [-0.4, -0.2) is 29.3 Å². The van der Waals surface area contributed by atoms with Gasteiger partial charge in [-0.15, -0.1) is 0 Å². The third kappa shape index (κ3) is 4.10. The van der Waals surface area contributed by atoms with Crippen LogP contribution in [0.4, 0.5) is 5.82 Å². The maximum Gasteiger partial charge on any atom is 0.161 e. The van der Waals surface area contributed by atoms with Crippen molar-refractivity contribution in [3.63, 3.8) is 0 Å². The second-order valence-electron chi connectivity index (χ2n) is 7.44. The molecule has 0 amide bonds. The maximum absolute atomic E-state index is 11.2. The van der Waals surface area contributed by atoms with Crippen molar-refractivity contribution in [2.24, 2.45) is 0 Å². The Balaban J connectivity index is 1.88. The van der Waals surface area contributed by atoms with Crippen LogP contribution in [0.5, 0.6) is 17.2 Å². The molecule has 158 valence electrons. The number of phenolic OH excluding ortho intramolecular Hbond substituents is 1. The average molecular weight is 415 g/mol. The van der Waals surface area contributed by atoms with Crippen LogP contribution in [0.15, 0.2) is 60.8 Å². The number of benzene rings is 2. The number of nitrogens with one attached hydrogen (secondary N) is 1. The molecule has 0 spiro atoms. The summed E-state index contributed by atoms with van der Waals surface area (Å²) in [4.78, 5) is 9.00. The van der Waals surface area contributed by atoms with E-state index in [9.17, 15) is 5.11 Å². The van der Waals surface area contributed by atoms with Gasteiger partial charge in [0, 0.05) is 22.8 Å². The SMILES string of the molecule is COc1ccc([C@H](Nc2cc(C)ccn2)c2ccc3ccc(C)nc3c2O)cc1OC. The standard InChI is InChI=1S/C25H25N3O3/c1-15-11-12-26-22(13-15)28-23(18-8-10-20(30-3)21(14-18)31-4)19-9-7-17-6-5-16(2)27-24(17)25(19)29/h5-14,23,29H,1-4H3,(H,26,28)/t23-/m0/s1. The van der Waals surface area contributed by atoms with Gasteiger partial charge < -0.3 is 19.9 Å². The minimum absolute atomic E-state index is 0.140. The molecule has 0 unspecified atom stereocenters. The van der Waals surface area contributed by atoms with Crippen molar-refractivity contribution in [1.82, 2.24) is 9.97 Å². The summed E-state index contributed by atoms with van der Waals surface area (Å²) >= 11 is 0. The van der Waals surface area contributed by atoms with Gasteiger partial charge in [-0.3, -0.25) is 0 Å². The molecule has 0 aliphatic rings. The van der Waals surface area contributed by atoms with E-state index in [-0.39, 0.29) is 11.8 Å². The molecule has 0 aliphatic carbocycles. The van der Waals surface area contributed by atoms with Gasteiger partial charge in [0.2, 0.25) is 0 Å². The number of phenols is 1. The average Bonchev–Trinajstić information content (AvgIpc) is 2.78. The lowest BCUT2D eigenvalue weighted by Gasteiger charge is -2.23. The third-order valence-corrected chi connectivity index (χ3v) is 5.27. The number of fused-ring (bicyclic) bond motifs is 1. The lowest BCUT2D eigenvalue weighted by atomic mass is 9.95. The van der Waals surface area contributed by atoms with E-state index in [2.05, 4.69) is 15.3 Å². The van der Waals surface area contributed by atoms with E-state index in [0.29, 0.717) is 28.4 Å². The van der Waals surface area contributed by atoms with Crippen LogP contribution in [0.25, 0.3) is 10.9 Å².